The number of halogens is 1. The van der Waals surface area contributed by atoms with Gasteiger partial charge in [-0.3, -0.25) is 0 Å². The first-order valence-corrected chi connectivity index (χ1v) is 6.04. The van der Waals surface area contributed by atoms with E-state index in [4.69, 9.17) is 4.52 Å². The van der Waals surface area contributed by atoms with Crippen LogP contribution in [0.25, 0.3) is 22.8 Å². The van der Waals surface area contributed by atoms with Gasteiger partial charge in [-0.2, -0.15) is 4.98 Å². The van der Waals surface area contributed by atoms with Gasteiger partial charge in [-0.15, -0.1) is 0 Å². The van der Waals surface area contributed by atoms with Crippen LogP contribution in [0, 0.1) is 12.7 Å². The number of aromatic nitrogens is 2. The van der Waals surface area contributed by atoms with Crippen molar-refractivity contribution in [2.75, 3.05) is 0 Å². The van der Waals surface area contributed by atoms with E-state index in [1.54, 1.807) is 0 Å². The number of phenolic OH excluding ortho intramolecular Hbond substituents is 1. The Morgan fingerprint density at radius 1 is 1.10 bits per heavy atom. The van der Waals surface area contributed by atoms with E-state index < -0.39 is 5.82 Å². The molecule has 0 atom stereocenters. The highest BCUT2D eigenvalue weighted by Crippen LogP contribution is 2.27. The van der Waals surface area contributed by atoms with E-state index in [0.717, 1.165) is 17.2 Å². The van der Waals surface area contributed by atoms with Crippen LogP contribution in [0.1, 0.15) is 5.56 Å². The number of aryl methyl sites for hydroxylation is 1. The van der Waals surface area contributed by atoms with Gasteiger partial charge in [0.05, 0.1) is 5.56 Å². The molecule has 1 heterocycles. The van der Waals surface area contributed by atoms with Crippen LogP contribution < -0.4 is 0 Å². The molecule has 3 rings (SSSR count). The summed E-state index contributed by atoms with van der Waals surface area (Å²) in [6.07, 6.45) is 0. The average molecular weight is 270 g/mol. The second-order valence-corrected chi connectivity index (χ2v) is 4.40. The Kier molecular flexibility index (Phi) is 2.95. The summed E-state index contributed by atoms with van der Waals surface area (Å²) >= 11 is 0. The van der Waals surface area contributed by atoms with Crippen molar-refractivity contribution in [3.05, 3.63) is 53.8 Å². The van der Waals surface area contributed by atoms with Gasteiger partial charge in [0, 0.05) is 11.6 Å². The molecule has 0 aliphatic carbocycles. The molecule has 1 aromatic heterocycles. The minimum atomic E-state index is -0.606. The summed E-state index contributed by atoms with van der Waals surface area (Å²) in [7, 11) is 0. The number of hydrogen-bond acceptors (Lipinski definition) is 4. The number of nitrogens with zero attached hydrogens (tertiary/aromatic N) is 2. The molecule has 0 spiro atoms. The zero-order valence-electron chi connectivity index (χ0n) is 10.7. The van der Waals surface area contributed by atoms with Gasteiger partial charge in [-0.25, -0.2) is 4.39 Å². The van der Waals surface area contributed by atoms with Crippen LogP contribution in [0.4, 0.5) is 4.39 Å². The Morgan fingerprint density at radius 3 is 2.65 bits per heavy atom. The fourth-order valence-electron chi connectivity index (χ4n) is 1.94. The third-order valence-corrected chi connectivity index (χ3v) is 3.00. The second-order valence-electron chi connectivity index (χ2n) is 4.40. The molecule has 0 radical (unpaired) electrons. The minimum absolute atomic E-state index is 0.0840. The van der Waals surface area contributed by atoms with E-state index in [0.29, 0.717) is 5.82 Å². The summed E-state index contributed by atoms with van der Waals surface area (Å²) in [5.41, 5.74) is 2.00. The monoisotopic (exact) mass is 270 g/mol. The van der Waals surface area contributed by atoms with Crippen LogP contribution in [0.2, 0.25) is 0 Å². The third-order valence-electron chi connectivity index (χ3n) is 3.00. The molecule has 0 fully saturated rings. The fraction of sp³-hybridized carbons (Fsp3) is 0.0667. The van der Waals surface area contributed by atoms with Crippen LogP contribution in [-0.4, -0.2) is 15.2 Å². The lowest BCUT2D eigenvalue weighted by molar-refractivity contribution is 0.428. The Balaban J connectivity index is 2.04. The standard InChI is InChI=1S/C15H11FN2O2/c1-9-4-2-3-5-11(9)14-17-15(20-18-14)12-7-6-10(19)8-13(12)16/h2-8,19H,1H3. The first-order chi connectivity index (χ1) is 9.65. The van der Waals surface area contributed by atoms with Gasteiger partial charge >= 0.3 is 0 Å². The molecule has 3 aromatic rings. The largest absolute Gasteiger partial charge is 0.508 e. The molecule has 2 aromatic carbocycles. The van der Waals surface area contributed by atoms with Crippen LogP contribution in [0.15, 0.2) is 47.0 Å². The normalized spacial score (nSPS) is 10.7. The summed E-state index contributed by atoms with van der Waals surface area (Å²) < 4.78 is 18.8. The molecule has 5 heteroatoms. The zero-order chi connectivity index (χ0) is 14.1. The lowest BCUT2D eigenvalue weighted by Crippen LogP contribution is -1.86. The molecule has 0 saturated carbocycles. The molecule has 0 aliphatic rings. The predicted octanol–water partition coefficient (Wildman–Crippen LogP) is 3.56. The molecule has 0 aliphatic heterocycles. The van der Waals surface area contributed by atoms with Crippen molar-refractivity contribution >= 4 is 0 Å². The molecule has 0 saturated heterocycles. The van der Waals surface area contributed by atoms with Crippen molar-refractivity contribution in [1.82, 2.24) is 10.1 Å². The van der Waals surface area contributed by atoms with E-state index in [1.807, 2.05) is 31.2 Å². The molecule has 0 amide bonds. The van der Waals surface area contributed by atoms with Gasteiger partial charge in [-0.1, -0.05) is 29.4 Å². The van der Waals surface area contributed by atoms with E-state index >= 15 is 0 Å². The SMILES string of the molecule is Cc1ccccc1-c1noc(-c2ccc(O)cc2F)n1. The van der Waals surface area contributed by atoms with Crippen LogP contribution >= 0.6 is 0 Å². The average Bonchev–Trinajstić information content (AvgIpc) is 2.88. The number of phenols is 1. The number of aromatic hydroxyl groups is 1. The van der Waals surface area contributed by atoms with Gasteiger partial charge in [0.15, 0.2) is 0 Å². The third kappa shape index (κ3) is 2.14. The van der Waals surface area contributed by atoms with Crippen molar-refractivity contribution in [3.8, 4) is 28.6 Å². The van der Waals surface area contributed by atoms with E-state index in [9.17, 15) is 9.50 Å². The molecular formula is C15H11FN2O2. The molecule has 0 bridgehead atoms. The van der Waals surface area contributed by atoms with Crippen LogP contribution in [0.5, 0.6) is 5.75 Å². The van der Waals surface area contributed by atoms with Crippen molar-refractivity contribution in [2.45, 2.75) is 6.92 Å². The van der Waals surface area contributed by atoms with E-state index in [-0.39, 0.29) is 17.2 Å². The van der Waals surface area contributed by atoms with Gasteiger partial charge < -0.3 is 9.63 Å². The molecule has 4 nitrogen and oxygen atoms in total. The first kappa shape index (κ1) is 12.3. The topological polar surface area (TPSA) is 59.2 Å². The van der Waals surface area contributed by atoms with Gasteiger partial charge in [0.2, 0.25) is 5.82 Å². The fourth-order valence-corrected chi connectivity index (χ4v) is 1.94. The lowest BCUT2D eigenvalue weighted by Gasteiger charge is -1.99. The lowest BCUT2D eigenvalue weighted by atomic mass is 10.1. The highest BCUT2D eigenvalue weighted by Gasteiger charge is 2.15. The summed E-state index contributed by atoms with van der Waals surface area (Å²) in [6.45, 7) is 1.94. The maximum absolute atomic E-state index is 13.7. The van der Waals surface area contributed by atoms with Crippen molar-refractivity contribution in [3.63, 3.8) is 0 Å². The predicted molar refractivity (Wildman–Crippen MR) is 71.5 cm³/mol. The quantitative estimate of drug-likeness (QED) is 0.773. The minimum Gasteiger partial charge on any atom is -0.508 e. The maximum Gasteiger partial charge on any atom is 0.261 e. The van der Waals surface area contributed by atoms with Gasteiger partial charge in [0.25, 0.3) is 5.89 Å². The summed E-state index contributed by atoms with van der Waals surface area (Å²) in [6, 6.07) is 11.4. The molecule has 100 valence electrons. The Hall–Kier alpha value is -2.69. The Bertz CT molecular complexity index is 768. The number of hydrogen-bond donors (Lipinski definition) is 1. The summed E-state index contributed by atoms with van der Waals surface area (Å²) in [4.78, 5) is 4.20. The van der Waals surface area contributed by atoms with Gasteiger partial charge in [0.1, 0.15) is 11.6 Å². The van der Waals surface area contributed by atoms with Crippen molar-refractivity contribution in [2.24, 2.45) is 0 Å². The molecule has 20 heavy (non-hydrogen) atoms. The number of rotatable bonds is 2. The van der Waals surface area contributed by atoms with E-state index in [1.165, 1.54) is 12.1 Å². The second kappa shape index (κ2) is 4.77. The smallest absolute Gasteiger partial charge is 0.261 e. The van der Waals surface area contributed by atoms with Gasteiger partial charge in [-0.05, 0) is 24.6 Å². The zero-order valence-corrected chi connectivity index (χ0v) is 10.7. The molecule has 0 unspecified atom stereocenters. The van der Waals surface area contributed by atoms with E-state index in [2.05, 4.69) is 10.1 Å². The highest BCUT2D eigenvalue weighted by molar-refractivity contribution is 5.63. The molecular weight excluding hydrogens is 259 g/mol. The first-order valence-electron chi connectivity index (χ1n) is 6.04. The van der Waals surface area contributed by atoms with Crippen LogP contribution in [0.3, 0.4) is 0 Å². The number of benzene rings is 2. The summed E-state index contributed by atoms with van der Waals surface area (Å²) in [5.74, 6) is -0.263. The van der Waals surface area contributed by atoms with Crippen molar-refractivity contribution in [1.29, 1.82) is 0 Å². The van der Waals surface area contributed by atoms with Crippen molar-refractivity contribution < 1.29 is 14.0 Å². The maximum atomic E-state index is 13.7. The highest BCUT2D eigenvalue weighted by atomic mass is 19.1. The Morgan fingerprint density at radius 2 is 1.90 bits per heavy atom. The van der Waals surface area contributed by atoms with Crippen LogP contribution in [-0.2, 0) is 0 Å². The summed E-state index contributed by atoms with van der Waals surface area (Å²) in [5, 5.41) is 13.1. The molecule has 1 N–H and O–H groups in total. The Labute approximate surface area is 114 Å².